The van der Waals surface area contributed by atoms with Gasteiger partial charge in [-0.15, -0.1) is 0 Å². The number of benzene rings is 2. The second kappa shape index (κ2) is 17.0. The van der Waals surface area contributed by atoms with E-state index in [2.05, 4.69) is 0 Å². The molecule has 47 heavy (non-hydrogen) atoms. The molecule has 6 nitrogen and oxygen atoms in total. The van der Waals surface area contributed by atoms with Crippen LogP contribution >= 0.6 is 0 Å². The Kier molecular flexibility index (Phi) is 14.0. The van der Waals surface area contributed by atoms with E-state index in [1.54, 1.807) is 12.1 Å². The van der Waals surface area contributed by atoms with Gasteiger partial charge in [0.2, 0.25) is 0 Å². The number of phenols is 2. The lowest BCUT2D eigenvalue weighted by molar-refractivity contribution is -0.284. The van der Waals surface area contributed by atoms with Crippen molar-refractivity contribution in [3.63, 3.8) is 0 Å². The van der Waals surface area contributed by atoms with E-state index in [4.69, 9.17) is 0 Å². The number of aliphatic hydroxyl groups excluding tert-OH is 1. The molecule has 0 fully saturated rings. The fourth-order valence-electron chi connectivity index (χ4n) is 5.93. The van der Waals surface area contributed by atoms with Crippen LogP contribution in [0.2, 0.25) is 0 Å². The first-order valence-electron chi connectivity index (χ1n) is 15.8. The third-order valence-electron chi connectivity index (χ3n) is 8.42. The Morgan fingerprint density at radius 3 is 2.15 bits per heavy atom. The second-order valence-electron chi connectivity index (χ2n) is 11.9. The van der Waals surface area contributed by atoms with Gasteiger partial charge in [-0.3, -0.25) is 0 Å². The van der Waals surface area contributed by atoms with Crippen LogP contribution in [0.15, 0.2) is 30.3 Å². The number of halogens is 7. The first-order chi connectivity index (χ1) is 22.1. The highest BCUT2D eigenvalue weighted by atomic mass is 32.2. The van der Waals surface area contributed by atoms with Gasteiger partial charge in [-0.05, 0) is 110 Å². The molecular formula is C33H42F7NO5S. The zero-order valence-electron chi connectivity index (χ0n) is 26.1. The quantitative estimate of drug-likeness (QED) is 0.109. The van der Waals surface area contributed by atoms with Crippen molar-refractivity contribution in [2.24, 2.45) is 0 Å². The molecule has 0 saturated carbocycles. The van der Waals surface area contributed by atoms with E-state index < -0.39 is 63.7 Å². The number of sulfone groups is 1. The summed E-state index contributed by atoms with van der Waals surface area (Å²) in [6.07, 6.45) is -2.83. The SMILES string of the molecule is O=S(=O)(CCCN(CCO)CCCCCCC1=C(c2ccc(F)c(O)c2)CCCc2c1ccc(O)c2F)CCCC(F)(F)C(F)(F)F. The van der Waals surface area contributed by atoms with E-state index in [1.165, 1.54) is 18.2 Å². The molecule has 0 amide bonds. The largest absolute Gasteiger partial charge is 0.505 e. The molecule has 3 rings (SSSR count). The third kappa shape index (κ3) is 11.1. The van der Waals surface area contributed by atoms with Crippen molar-refractivity contribution in [1.29, 1.82) is 0 Å². The number of alkyl halides is 5. The molecule has 0 aromatic heterocycles. The number of fused-ring (bicyclic) bond motifs is 1. The molecule has 3 N–H and O–H groups in total. The highest BCUT2D eigenvalue weighted by Gasteiger charge is 2.56. The monoisotopic (exact) mass is 697 g/mol. The molecule has 0 saturated heterocycles. The molecule has 1 aliphatic carbocycles. The molecule has 2 aromatic carbocycles. The van der Waals surface area contributed by atoms with Crippen molar-refractivity contribution >= 4 is 21.0 Å². The van der Waals surface area contributed by atoms with E-state index in [9.17, 15) is 54.5 Å². The summed E-state index contributed by atoms with van der Waals surface area (Å²) in [4.78, 5) is 1.87. The Morgan fingerprint density at radius 2 is 1.47 bits per heavy atom. The van der Waals surface area contributed by atoms with Crippen molar-refractivity contribution < 1.29 is 54.5 Å². The minimum atomic E-state index is -5.72. The highest BCUT2D eigenvalue weighted by molar-refractivity contribution is 7.91. The number of aliphatic hydroxyl groups is 1. The third-order valence-corrected chi connectivity index (χ3v) is 10.2. The number of nitrogens with zero attached hydrogens (tertiary/aromatic N) is 1. The van der Waals surface area contributed by atoms with Crippen molar-refractivity contribution in [2.45, 2.75) is 82.7 Å². The number of unbranched alkanes of at least 4 members (excludes halogenated alkanes) is 3. The average Bonchev–Trinajstić information content (AvgIpc) is 3.17. The summed E-state index contributed by atoms with van der Waals surface area (Å²) in [6, 6.07) is 7.13. The van der Waals surface area contributed by atoms with Crippen LogP contribution in [-0.4, -0.2) is 78.5 Å². The van der Waals surface area contributed by atoms with Gasteiger partial charge in [0.1, 0.15) is 9.84 Å². The van der Waals surface area contributed by atoms with Crippen LogP contribution in [0.25, 0.3) is 11.1 Å². The summed E-state index contributed by atoms with van der Waals surface area (Å²) in [7, 11) is -3.83. The standard InChI is InChI=1S/C33H42F7NO5S/c34-28-13-11-23(22-30(28)44)24-9-5-10-27-26(12-14-29(43)31(27)35)25(24)8-3-1-2-4-16-41(18-19-42)17-7-21-47(45,46)20-6-15-32(36,37)33(38,39)40/h11-14,22,42-44H,1-10,15-21H2. The number of hydrogen-bond donors (Lipinski definition) is 3. The fourth-order valence-corrected chi connectivity index (χ4v) is 7.29. The molecule has 264 valence electrons. The van der Waals surface area contributed by atoms with Crippen LogP contribution in [0.1, 0.15) is 80.9 Å². The van der Waals surface area contributed by atoms with Crippen molar-refractivity contribution in [1.82, 2.24) is 4.90 Å². The molecule has 0 radical (unpaired) electrons. The lowest BCUT2D eigenvalue weighted by Gasteiger charge is -2.21. The smallest absolute Gasteiger partial charge is 0.453 e. The van der Waals surface area contributed by atoms with Gasteiger partial charge in [0.25, 0.3) is 0 Å². The summed E-state index contributed by atoms with van der Waals surface area (Å²) in [6.45, 7) is 0.970. The predicted octanol–water partition coefficient (Wildman–Crippen LogP) is 7.65. The summed E-state index contributed by atoms with van der Waals surface area (Å²) >= 11 is 0. The van der Waals surface area contributed by atoms with Crippen LogP contribution in [0.3, 0.4) is 0 Å². The number of phenolic OH excluding ortho intramolecular Hbond substituents is 2. The highest BCUT2D eigenvalue weighted by Crippen LogP contribution is 2.42. The van der Waals surface area contributed by atoms with Crippen molar-refractivity contribution in [2.75, 3.05) is 37.7 Å². The molecule has 1 aliphatic rings. The van der Waals surface area contributed by atoms with Gasteiger partial charge in [-0.25, -0.2) is 17.2 Å². The van der Waals surface area contributed by atoms with E-state index in [0.29, 0.717) is 55.5 Å². The molecule has 0 bridgehead atoms. The molecule has 0 unspecified atom stereocenters. The Hall–Kier alpha value is -2.84. The number of allylic oxidation sites excluding steroid dienone is 2. The second-order valence-corrected chi connectivity index (χ2v) is 14.2. The van der Waals surface area contributed by atoms with Crippen LogP contribution in [0, 0.1) is 11.6 Å². The van der Waals surface area contributed by atoms with E-state index >= 15 is 0 Å². The Bertz CT molecular complexity index is 1480. The van der Waals surface area contributed by atoms with Crippen LogP contribution in [0.5, 0.6) is 11.5 Å². The van der Waals surface area contributed by atoms with Gasteiger partial charge in [-0.2, -0.15) is 22.0 Å². The molecule has 14 heteroatoms. The predicted molar refractivity (Wildman–Crippen MR) is 166 cm³/mol. The molecule has 0 atom stereocenters. The maximum atomic E-state index is 14.9. The molecule has 2 aromatic rings. The molecule has 0 spiro atoms. The minimum Gasteiger partial charge on any atom is -0.505 e. The van der Waals surface area contributed by atoms with Gasteiger partial charge < -0.3 is 20.2 Å². The van der Waals surface area contributed by atoms with Crippen molar-refractivity contribution in [3.05, 3.63) is 58.7 Å². The first kappa shape index (κ1) is 38.6. The first-order valence-corrected chi connectivity index (χ1v) is 17.6. The maximum absolute atomic E-state index is 14.9. The summed E-state index contributed by atoms with van der Waals surface area (Å²) in [5, 5.41) is 29.4. The zero-order valence-corrected chi connectivity index (χ0v) is 26.9. The summed E-state index contributed by atoms with van der Waals surface area (Å²) in [5.74, 6) is -8.39. The lowest BCUT2D eigenvalue weighted by Crippen LogP contribution is -2.36. The number of hydrogen-bond acceptors (Lipinski definition) is 6. The Balaban J connectivity index is 1.53. The fraction of sp³-hybridized carbons (Fsp3) is 0.576. The lowest BCUT2D eigenvalue weighted by atomic mass is 9.88. The average molecular weight is 698 g/mol. The maximum Gasteiger partial charge on any atom is 0.453 e. The Labute approximate surface area is 270 Å². The van der Waals surface area contributed by atoms with Crippen molar-refractivity contribution in [3.8, 4) is 11.5 Å². The Morgan fingerprint density at radius 1 is 0.787 bits per heavy atom. The van der Waals surface area contributed by atoms with E-state index in [-0.39, 0.29) is 25.3 Å². The number of rotatable bonds is 18. The topological polar surface area (TPSA) is 98.1 Å². The molecular weight excluding hydrogens is 655 g/mol. The van der Waals surface area contributed by atoms with Gasteiger partial charge in [0, 0.05) is 13.0 Å². The van der Waals surface area contributed by atoms with Crippen LogP contribution in [0.4, 0.5) is 30.7 Å². The van der Waals surface area contributed by atoms with Gasteiger partial charge >= 0.3 is 12.1 Å². The van der Waals surface area contributed by atoms with Gasteiger partial charge in [0.15, 0.2) is 23.1 Å². The van der Waals surface area contributed by atoms with Gasteiger partial charge in [0.05, 0.1) is 18.1 Å². The van der Waals surface area contributed by atoms with E-state index in [1.807, 2.05) is 4.90 Å². The van der Waals surface area contributed by atoms with Gasteiger partial charge in [-0.1, -0.05) is 25.0 Å². The zero-order chi connectivity index (χ0) is 34.8. The molecule has 0 aliphatic heterocycles. The summed E-state index contributed by atoms with van der Waals surface area (Å²) < 4.78 is 116. The van der Waals surface area contributed by atoms with Crippen LogP contribution < -0.4 is 0 Å². The van der Waals surface area contributed by atoms with E-state index in [0.717, 1.165) is 36.8 Å². The number of aromatic hydroxyl groups is 2. The summed E-state index contributed by atoms with van der Waals surface area (Å²) in [5.41, 5.74) is 3.48. The van der Waals surface area contributed by atoms with Crippen LogP contribution in [-0.2, 0) is 16.3 Å². The normalized spacial score (nSPS) is 14.5. The molecule has 0 heterocycles. The minimum absolute atomic E-state index is 0.138.